The van der Waals surface area contributed by atoms with Gasteiger partial charge in [0.1, 0.15) is 5.82 Å². The van der Waals surface area contributed by atoms with Gasteiger partial charge in [-0.2, -0.15) is 0 Å². The third kappa shape index (κ3) is 1.43. The molecular weight excluding hydrogens is 238 g/mol. The predicted octanol–water partition coefficient (Wildman–Crippen LogP) is 2.01. The summed E-state index contributed by atoms with van der Waals surface area (Å²) in [7, 11) is 0. The summed E-state index contributed by atoms with van der Waals surface area (Å²) in [4.78, 5) is 21.2. The molecule has 3 aromatic rings. The quantitative estimate of drug-likeness (QED) is 0.612. The molecule has 2 aromatic heterocycles. The number of nitrogens with zero attached hydrogens (tertiary/aromatic N) is 3. The molecule has 4 rings (SSSR count). The fourth-order valence-electron chi connectivity index (χ4n) is 2.65. The van der Waals surface area contributed by atoms with Crippen LogP contribution in [0.3, 0.4) is 0 Å². The van der Waals surface area contributed by atoms with Crippen LogP contribution in [0.1, 0.15) is 5.56 Å². The molecule has 1 aliphatic heterocycles. The normalized spacial score (nSPS) is 13.1. The lowest BCUT2D eigenvalue weighted by atomic mass is 10.0. The van der Waals surface area contributed by atoms with Gasteiger partial charge in [-0.3, -0.25) is 9.36 Å². The smallest absolute Gasteiger partial charge is 0.280 e. The van der Waals surface area contributed by atoms with Crippen molar-refractivity contribution in [1.29, 1.82) is 0 Å². The zero-order chi connectivity index (χ0) is 12.8. The van der Waals surface area contributed by atoms with Crippen molar-refractivity contribution in [2.24, 2.45) is 0 Å². The molecule has 1 aliphatic rings. The van der Waals surface area contributed by atoms with E-state index in [1.807, 2.05) is 24.3 Å². The van der Waals surface area contributed by atoms with E-state index in [4.69, 9.17) is 0 Å². The van der Waals surface area contributed by atoms with Gasteiger partial charge >= 0.3 is 0 Å². The zero-order valence-corrected chi connectivity index (χ0v) is 10.2. The highest BCUT2D eigenvalue weighted by molar-refractivity contribution is 5.76. The highest BCUT2D eigenvalue weighted by Crippen LogP contribution is 2.26. The number of rotatable bonds is 0. The second-order valence-electron chi connectivity index (χ2n) is 4.67. The Morgan fingerprint density at radius 1 is 1.11 bits per heavy atom. The molecule has 4 nitrogen and oxygen atoms in total. The molecule has 0 radical (unpaired) electrons. The first-order chi connectivity index (χ1) is 9.34. The van der Waals surface area contributed by atoms with E-state index in [0.29, 0.717) is 17.6 Å². The third-order valence-corrected chi connectivity index (χ3v) is 3.58. The Hall–Kier alpha value is -2.49. The van der Waals surface area contributed by atoms with Crippen LogP contribution in [0.2, 0.25) is 0 Å². The molecule has 0 amide bonds. The van der Waals surface area contributed by atoms with Crippen molar-refractivity contribution in [3.8, 4) is 11.4 Å². The first-order valence-corrected chi connectivity index (χ1v) is 6.28. The first-order valence-electron chi connectivity index (χ1n) is 6.28. The lowest BCUT2D eigenvalue weighted by molar-refractivity contribution is 0.651. The van der Waals surface area contributed by atoms with E-state index >= 15 is 0 Å². The summed E-state index contributed by atoms with van der Waals surface area (Å²) in [6, 6.07) is 11.8. The maximum absolute atomic E-state index is 12.4. The summed E-state index contributed by atoms with van der Waals surface area (Å²) in [5.41, 5.74) is 3.37. The van der Waals surface area contributed by atoms with Crippen molar-refractivity contribution in [3.05, 3.63) is 58.5 Å². The van der Waals surface area contributed by atoms with Crippen molar-refractivity contribution in [2.75, 3.05) is 0 Å². The highest BCUT2D eigenvalue weighted by Gasteiger charge is 2.19. The molecule has 1 aromatic carbocycles. The van der Waals surface area contributed by atoms with Crippen LogP contribution in [0.25, 0.3) is 22.4 Å². The van der Waals surface area contributed by atoms with Crippen LogP contribution in [-0.4, -0.2) is 14.5 Å². The number of pyridine rings is 1. The van der Waals surface area contributed by atoms with Crippen LogP contribution < -0.4 is 5.56 Å². The minimum Gasteiger partial charge on any atom is -0.290 e. The van der Waals surface area contributed by atoms with Crippen molar-refractivity contribution >= 4 is 11.0 Å². The van der Waals surface area contributed by atoms with Gasteiger partial charge in [-0.25, -0.2) is 9.97 Å². The fourth-order valence-corrected chi connectivity index (χ4v) is 2.65. The van der Waals surface area contributed by atoms with Gasteiger partial charge in [0.05, 0.1) is 5.52 Å². The molecule has 19 heavy (non-hydrogen) atoms. The number of aryl methyl sites for hydroxylation is 1. The van der Waals surface area contributed by atoms with E-state index in [0.717, 1.165) is 17.8 Å². The second-order valence-corrected chi connectivity index (χ2v) is 4.67. The van der Waals surface area contributed by atoms with Crippen LogP contribution >= 0.6 is 0 Å². The van der Waals surface area contributed by atoms with Gasteiger partial charge in [0, 0.05) is 18.3 Å². The number of hydrogen-bond acceptors (Lipinski definition) is 3. The number of fused-ring (bicyclic) bond motifs is 4. The summed E-state index contributed by atoms with van der Waals surface area (Å²) in [5.74, 6) is 0.757. The molecule has 0 spiro atoms. The van der Waals surface area contributed by atoms with E-state index in [2.05, 4.69) is 16.0 Å². The van der Waals surface area contributed by atoms with E-state index in [-0.39, 0.29) is 5.56 Å². The lowest BCUT2D eigenvalue weighted by Crippen LogP contribution is -2.28. The number of hydrogen-bond donors (Lipinski definition) is 0. The zero-order valence-electron chi connectivity index (χ0n) is 10.2. The second kappa shape index (κ2) is 3.75. The third-order valence-electron chi connectivity index (χ3n) is 3.58. The summed E-state index contributed by atoms with van der Waals surface area (Å²) < 4.78 is 1.73. The summed E-state index contributed by atoms with van der Waals surface area (Å²) in [6.07, 6.45) is 2.50. The molecule has 3 heterocycles. The molecule has 0 bridgehead atoms. The molecule has 0 saturated carbocycles. The molecule has 0 N–H and O–H groups in total. The van der Waals surface area contributed by atoms with Crippen molar-refractivity contribution < 1.29 is 0 Å². The minimum atomic E-state index is -0.0462. The topological polar surface area (TPSA) is 47.8 Å². The molecule has 0 aliphatic carbocycles. The maximum atomic E-state index is 12.4. The Morgan fingerprint density at radius 2 is 2.00 bits per heavy atom. The molecule has 0 unspecified atom stereocenters. The average Bonchev–Trinajstić information content (AvgIpc) is 2.47. The summed E-state index contributed by atoms with van der Waals surface area (Å²) in [5, 5.41) is 0. The Labute approximate surface area is 109 Å². The van der Waals surface area contributed by atoms with Gasteiger partial charge in [-0.1, -0.05) is 24.3 Å². The molecule has 0 atom stereocenters. The summed E-state index contributed by atoms with van der Waals surface area (Å²) in [6.45, 7) is 0.671. The standard InChI is InChI=1S/C15H11N3O/c19-15-13-12(6-3-8-16-13)17-14-11-5-2-1-4-10(11)7-9-18(14)15/h1-6,8H,7,9H2. The number of aromatic nitrogens is 3. The van der Waals surface area contributed by atoms with Crippen LogP contribution in [0.4, 0.5) is 0 Å². The van der Waals surface area contributed by atoms with Gasteiger partial charge in [0.15, 0.2) is 5.52 Å². The van der Waals surface area contributed by atoms with Gasteiger partial charge in [0.25, 0.3) is 5.56 Å². The van der Waals surface area contributed by atoms with Crippen molar-refractivity contribution in [1.82, 2.24) is 14.5 Å². The van der Waals surface area contributed by atoms with E-state index in [1.165, 1.54) is 5.56 Å². The fraction of sp³-hybridized carbons (Fsp3) is 0.133. The summed E-state index contributed by atoms with van der Waals surface area (Å²) >= 11 is 0. The Bertz CT molecular complexity index is 851. The van der Waals surface area contributed by atoms with E-state index in [9.17, 15) is 4.79 Å². The highest BCUT2D eigenvalue weighted by atomic mass is 16.1. The Kier molecular flexibility index (Phi) is 2.06. The average molecular weight is 249 g/mol. The van der Waals surface area contributed by atoms with E-state index < -0.39 is 0 Å². The monoisotopic (exact) mass is 249 g/mol. The van der Waals surface area contributed by atoms with Gasteiger partial charge in [-0.15, -0.1) is 0 Å². The van der Waals surface area contributed by atoms with Gasteiger partial charge < -0.3 is 0 Å². The maximum Gasteiger partial charge on any atom is 0.280 e. The first kappa shape index (κ1) is 10.4. The van der Waals surface area contributed by atoms with Crippen LogP contribution in [-0.2, 0) is 13.0 Å². The molecule has 0 fully saturated rings. The SMILES string of the molecule is O=c1c2ncccc2nc2n1CCc1ccccc1-2. The molecule has 92 valence electrons. The van der Waals surface area contributed by atoms with Crippen molar-refractivity contribution in [2.45, 2.75) is 13.0 Å². The van der Waals surface area contributed by atoms with Crippen LogP contribution in [0.5, 0.6) is 0 Å². The number of benzene rings is 1. The Morgan fingerprint density at radius 3 is 2.95 bits per heavy atom. The molecule has 0 saturated heterocycles. The van der Waals surface area contributed by atoms with Crippen LogP contribution in [0, 0.1) is 0 Å². The van der Waals surface area contributed by atoms with Crippen molar-refractivity contribution in [3.63, 3.8) is 0 Å². The predicted molar refractivity (Wildman–Crippen MR) is 72.9 cm³/mol. The van der Waals surface area contributed by atoms with Gasteiger partial charge in [0.2, 0.25) is 0 Å². The molecular formula is C15H11N3O. The van der Waals surface area contributed by atoms with E-state index in [1.54, 1.807) is 16.8 Å². The Balaban J connectivity index is 2.15. The van der Waals surface area contributed by atoms with Crippen LogP contribution in [0.15, 0.2) is 47.4 Å². The minimum absolute atomic E-state index is 0.0462. The van der Waals surface area contributed by atoms with Gasteiger partial charge in [-0.05, 0) is 24.1 Å². The molecule has 4 heteroatoms. The largest absolute Gasteiger partial charge is 0.290 e. The lowest BCUT2D eigenvalue weighted by Gasteiger charge is -2.20.